The first-order valence-electron chi connectivity index (χ1n) is 11.0. The lowest BCUT2D eigenvalue weighted by atomic mass is 9.85. The van der Waals surface area contributed by atoms with Crippen LogP contribution in [-0.4, -0.2) is 45.2 Å². The predicted octanol–water partition coefficient (Wildman–Crippen LogP) is 3.77. The van der Waals surface area contributed by atoms with E-state index in [0.29, 0.717) is 42.5 Å². The number of rotatable bonds is 2. The van der Waals surface area contributed by atoms with E-state index in [9.17, 15) is 10.1 Å². The molecule has 164 valence electrons. The van der Waals surface area contributed by atoms with Gasteiger partial charge in [0, 0.05) is 42.2 Å². The molecule has 2 aliphatic heterocycles. The smallest absolute Gasteiger partial charge is 0.226 e. The van der Waals surface area contributed by atoms with Crippen LogP contribution in [0.2, 0.25) is 5.02 Å². The van der Waals surface area contributed by atoms with Crippen LogP contribution in [0.1, 0.15) is 30.3 Å². The lowest BCUT2D eigenvalue weighted by molar-refractivity contribution is -0.139. The molecule has 5 rings (SSSR count). The van der Waals surface area contributed by atoms with Gasteiger partial charge in [-0.2, -0.15) is 10.4 Å². The summed E-state index contributed by atoms with van der Waals surface area (Å²) in [7, 11) is 0. The van der Waals surface area contributed by atoms with Crippen LogP contribution in [0, 0.1) is 30.1 Å². The van der Waals surface area contributed by atoms with Crippen molar-refractivity contribution in [1.29, 1.82) is 5.26 Å². The van der Waals surface area contributed by atoms with Crippen molar-refractivity contribution in [2.24, 2.45) is 11.8 Å². The third kappa shape index (κ3) is 3.49. The summed E-state index contributed by atoms with van der Waals surface area (Å²) in [5.41, 5.74) is 4.10. The van der Waals surface area contributed by atoms with Crippen molar-refractivity contribution in [3.8, 4) is 6.07 Å². The van der Waals surface area contributed by atoms with Crippen LogP contribution in [0.5, 0.6) is 0 Å². The number of nitrogens with zero attached hydrogens (tertiary/aromatic N) is 6. The molecule has 0 spiro atoms. The molecule has 7 nitrogen and oxygen atoms in total. The fourth-order valence-electron chi connectivity index (χ4n) is 5.12. The average molecular weight is 449 g/mol. The van der Waals surface area contributed by atoms with E-state index in [1.165, 1.54) is 0 Å². The fourth-order valence-corrected chi connectivity index (χ4v) is 5.30. The molecule has 2 aromatic heterocycles. The van der Waals surface area contributed by atoms with Gasteiger partial charge in [0.25, 0.3) is 0 Å². The first-order valence-corrected chi connectivity index (χ1v) is 11.4. The molecule has 0 N–H and O–H groups in total. The highest BCUT2D eigenvalue weighted by Crippen LogP contribution is 2.37. The molecular weight excluding hydrogens is 424 g/mol. The molecule has 4 heterocycles. The zero-order valence-electron chi connectivity index (χ0n) is 18.3. The first-order chi connectivity index (χ1) is 15.5. The lowest BCUT2D eigenvalue weighted by Gasteiger charge is -2.41. The quantitative estimate of drug-likeness (QED) is 0.596. The van der Waals surface area contributed by atoms with Gasteiger partial charge in [0.1, 0.15) is 6.07 Å². The molecule has 1 amide bonds. The second kappa shape index (κ2) is 8.10. The van der Waals surface area contributed by atoms with Gasteiger partial charge in [0.15, 0.2) is 0 Å². The summed E-state index contributed by atoms with van der Waals surface area (Å²) >= 11 is 6.29. The molecule has 3 aromatic rings. The summed E-state index contributed by atoms with van der Waals surface area (Å²) in [6, 6.07) is 9.94. The van der Waals surface area contributed by atoms with Crippen molar-refractivity contribution in [2.45, 2.75) is 33.4 Å². The number of aromatic nitrogens is 3. The molecule has 0 radical (unpaired) electrons. The van der Waals surface area contributed by atoms with Gasteiger partial charge in [0.05, 0.1) is 41.2 Å². The maximum absolute atomic E-state index is 13.4. The second-order valence-electron chi connectivity index (χ2n) is 8.82. The largest absolute Gasteiger partial charge is 0.370 e. The van der Waals surface area contributed by atoms with Crippen LogP contribution in [0.25, 0.3) is 10.9 Å². The van der Waals surface area contributed by atoms with Crippen LogP contribution in [0.3, 0.4) is 0 Å². The number of aryl methyl sites for hydroxylation is 1. The Labute approximate surface area is 192 Å². The summed E-state index contributed by atoms with van der Waals surface area (Å²) < 4.78 is 1.97. The molecule has 32 heavy (non-hydrogen) atoms. The number of benzene rings is 1. The first kappa shape index (κ1) is 20.8. The van der Waals surface area contributed by atoms with Crippen LogP contribution >= 0.6 is 11.6 Å². The third-order valence-electron chi connectivity index (χ3n) is 6.80. The van der Waals surface area contributed by atoms with Crippen molar-refractivity contribution in [1.82, 2.24) is 19.7 Å². The van der Waals surface area contributed by atoms with Gasteiger partial charge in [-0.3, -0.25) is 14.5 Å². The van der Waals surface area contributed by atoms with Crippen molar-refractivity contribution < 1.29 is 4.79 Å². The Morgan fingerprint density at radius 1 is 1.25 bits per heavy atom. The van der Waals surface area contributed by atoms with E-state index in [4.69, 9.17) is 11.6 Å². The zero-order chi connectivity index (χ0) is 22.4. The highest BCUT2D eigenvalue weighted by Gasteiger charge is 2.36. The van der Waals surface area contributed by atoms with E-state index in [2.05, 4.69) is 28.0 Å². The topological polar surface area (TPSA) is 78.1 Å². The Bertz CT molecular complexity index is 1250. The summed E-state index contributed by atoms with van der Waals surface area (Å²) in [4.78, 5) is 22.2. The van der Waals surface area contributed by atoms with Crippen molar-refractivity contribution in [2.75, 3.05) is 24.5 Å². The van der Waals surface area contributed by atoms with Crippen molar-refractivity contribution in [3.63, 3.8) is 0 Å². The highest BCUT2D eigenvalue weighted by molar-refractivity contribution is 6.31. The summed E-state index contributed by atoms with van der Waals surface area (Å²) in [6.45, 7) is 7.50. The van der Waals surface area contributed by atoms with Crippen LogP contribution in [0.15, 0.2) is 30.5 Å². The monoisotopic (exact) mass is 448 g/mol. The Hall–Kier alpha value is -3.11. The number of hydrogen-bond donors (Lipinski definition) is 0. The minimum Gasteiger partial charge on any atom is -0.370 e. The lowest BCUT2D eigenvalue weighted by Crippen LogP contribution is -2.49. The van der Waals surface area contributed by atoms with E-state index in [-0.39, 0.29) is 17.7 Å². The molecule has 1 saturated heterocycles. The van der Waals surface area contributed by atoms with E-state index in [1.807, 2.05) is 40.8 Å². The number of carbonyl (C=O) groups excluding carboxylic acids is 1. The summed E-state index contributed by atoms with van der Waals surface area (Å²) in [5.74, 6) is 0.366. The SMILES string of the molecule is Cc1nc2ccc(Cl)cc2c(N2CC[C@H](C(=O)N3CCn4nccc4C3)[C@H](C)C2)c1C#N. The molecule has 2 atom stereocenters. The molecule has 2 aliphatic rings. The van der Waals surface area contributed by atoms with Crippen LogP contribution in [0.4, 0.5) is 5.69 Å². The summed E-state index contributed by atoms with van der Waals surface area (Å²) in [5, 5.41) is 15.7. The molecule has 1 fully saturated rings. The normalized spacial score (nSPS) is 20.8. The molecule has 0 aliphatic carbocycles. The number of pyridine rings is 1. The van der Waals surface area contributed by atoms with E-state index < -0.39 is 0 Å². The number of amides is 1. The zero-order valence-corrected chi connectivity index (χ0v) is 19.0. The minimum absolute atomic E-state index is 0.0240. The number of carbonyl (C=O) groups is 1. The second-order valence-corrected chi connectivity index (χ2v) is 9.25. The summed E-state index contributed by atoms with van der Waals surface area (Å²) in [6.07, 6.45) is 2.55. The Morgan fingerprint density at radius 3 is 2.88 bits per heavy atom. The number of nitriles is 1. The standard InChI is InChI=1S/C24H25ClN6O/c1-15-13-29(23-20-11-17(25)3-4-22(20)28-16(2)21(23)12-26)8-6-19(15)24(32)30-9-10-31-18(14-30)5-7-27-31/h3-5,7,11,15,19H,6,8-10,13-14H2,1-2H3/t15-,19+/m1/s1. The number of hydrogen-bond acceptors (Lipinski definition) is 5. The maximum Gasteiger partial charge on any atom is 0.226 e. The van der Waals surface area contributed by atoms with Gasteiger partial charge in [-0.1, -0.05) is 18.5 Å². The molecular formula is C24H25ClN6O. The van der Waals surface area contributed by atoms with E-state index in [1.54, 1.807) is 6.20 Å². The molecule has 0 saturated carbocycles. The molecule has 8 heteroatoms. The van der Waals surface area contributed by atoms with Gasteiger partial charge >= 0.3 is 0 Å². The van der Waals surface area contributed by atoms with Crippen molar-refractivity contribution in [3.05, 3.63) is 52.4 Å². The fraction of sp³-hybridized carbons (Fsp3) is 0.417. The number of anilines is 1. The average Bonchev–Trinajstić information content (AvgIpc) is 3.26. The predicted molar refractivity (Wildman–Crippen MR) is 123 cm³/mol. The van der Waals surface area contributed by atoms with Crippen LogP contribution in [-0.2, 0) is 17.9 Å². The van der Waals surface area contributed by atoms with E-state index in [0.717, 1.165) is 35.2 Å². The van der Waals surface area contributed by atoms with Gasteiger partial charge in [-0.05, 0) is 43.5 Å². The maximum atomic E-state index is 13.4. The Morgan fingerprint density at radius 2 is 2.09 bits per heavy atom. The molecule has 0 bridgehead atoms. The van der Waals surface area contributed by atoms with Crippen molar-refractivity contribution >= 4 is 34.1 Å². The Balaban J connectivity index is 1.40. The molecule has 1 aromatic carbocycles. The van der Waals surface area contributed by atoms with Gasteiger partial charge in [0.2, 0.25) is 5.91 Å². The Kier molecular flexibility index (Phi) is 5.26. The number of fused-ring (bicyclic) bond motifs is 2. The minimum atomic E-state index is -0.0240. The van der Waals surface area contributed by atoms with Gasteiger partial charge in [-0.25, -0.2) is 0 Å². The number of halogens is 1. The van der Waals surface area contributed by atoms with E-state index >= 15 is 0 Å². The third-order valence-corrected chi connectivity index (χ3v) is 7.04. The van der Waals surface area contributed by atoms with Gasteiger partial charge in [-0.15, -0.1) is 0 Å². The van der Waals surface area contributed by atoms with Gasteiger partial charge < -0.3 is 9.80 Å². The molecule has 0 unspecified atom stereocenters. The number of piperidine rings is 1. The van der Waals surface area contributed by atoms with Crippen LogP contribution < -0.4 is 4.90 Å². The highest BCUT2D eigenvalue weighted by atomic mass is 35.5.